The van der Waals surface area contributed by atoms with Crippen LogP contribution in [0, 0.1) is 6.92 Å². The van der Waals surface area contributed by atoms with E-state index in [2.05, 4.69) is 38.3 Å². The second-order valence-electron chi connectivity index (χ2n) is 10.9. The number of nitrogens with zero attached hydrogens (tertiary/aromatic N) is 3. The third-order valence-electron chi connectivity index (χ3n) is 6.15. The SMILES string of the molecule is Cc1ccc2nc(NC3CC(C)(C)NC(C)(C)C3)c(/C=C3\SC(=S)N(C(C)C)C3=O)c(=O)n2c1. The minimum Gasteiger partial charge on any atom is -0.366 e. The zero-order chi connectivity index (χ0) is 25.0. The third kappa shape index (κ3) is 4.92. The molecule has 4 rings (SSSR count). The summed E-state index contributed by atoms with van der Waals surface area (Å²) in [5.41, 5.74) is 1.55. The van der Waals surface area contributed by atoms with Crippen LogP contribution >= 0.6 is 24.0 Å². The van der Waals surface area contributed by atoms with Crippen molar-refractivity contribution in [1.82, 2.24) is 19.6 Å². The number of thiocarbonyl (C=S) groups is 1. The Morgan fingerprint density at radius 2 is 1.85 bits per heavy atom. The number of carbonyl (C=O) groups is 1. The Balaban J connectivity index is 1.83. The van der Waals surface area contributed by atoms with Crippen LogP contribution in [0.4, 0.5) is 5.82 Å². The fourth-order valence-electron chi connectivity index (χ4n) is 5.17. The van der Waals surface area contributed by atoms with E-state index < -0.39 is 0 Å². The van der Waals surface area contributed by atoms with Crippen LogP contribution in [-0.4, -0.2) is 47.7 Å². The molecule has 0 aliphatic carbocycles. The van der Waals surface area contributed by atoms with Gasteiger partial charge in [0.2, 0.25) is 0 Å². The van der Waals surface area contributed by atoms with Gasteiger partial charge in [0.05, 0.1) is 10.5 Å². The summed E-state index contributed by atoms with van der Waals surface area (Å²) >= 11 is 6.67. The second-order valence-corrected chi connectivity index (χ2v) is 12.6. The number of aromatic nitrogens is 2. The highest BCUT2D eigenvalue weighted by Crippen LogP contribution is 2.35. The lowest BCUT2D eigenvalue weighted by Crippen LogP contribution is -2.60. The summed E-state index contributed by atoms with van der Waals surface area (Å²) in [6, 6.07) is 3.85. The second kappa shape index (κ2) is 8.77. The molecule has 0 spiro atoms. The number of thioether (sulfide) groups is 1. The zero-order valence-electron chi connectivity index (χ0n) is 20.9. The van der Waals surface area contributed by atoms with E-state index in [0.717, 1.165) is 18.4 Å². The van der Waals surface area contributed by atoms with Crippen molar-refractivity contribution in [3.8, 4) is 0 Å². The molecule has 0 saturated carbocycles. The largest absolute Gasteiger partial charge is 0.366 e. The van der Waals surface area contributed by atoms with Crippen LogP contribution < -0.4 is 16.2 Å². The maximum atomic E-state index is 13.6. The average Bonchev–Trinajstić information content (AvgIpc) is 2.96. The van der Waals surface area contributed by atoms with Crippen LogP contribution in [-0.2, 0) is 4.79 Å². The van der Waals surface area contributed by atoms with Crippen molar-refractivity contribution < 1.29 is 4.79 Å². The first-order valence-corrected chi connectivity index (χ1v) is 12.8. The number of piperidine rings is 1. The number of amides is 1. The van der Waals surface area contributed by atoms with E-state index in [1.54, 1.807) is 21.6 Å². The number of nitrogens with one attached hydrogen (secondary N) is 2. The van der Waals surface area contributed by atoms with Gasteiger partial charge >= 0.3 is 0 Å². The molecule has 34 heavy (non-hydrogen) atoms. The molecule has 0 unspecified atom stereocenters. The van der Waals surface area contributed by atoms with Crippen LogP contribution in [0.15, 0.2) is 28.0 Å². The zero-order valence-corrected chi connectivity index (χ0v) is 22.5. The molecule has 0 radical (unpaired) electrons. The molecule has 4 heterocycles. The van der Waals surface area contributed by atoms with Gasteiger partial charge in [-0.2, -0.15) is 0 Å². The van der Waals surface area contributed by atoms with Gasteiger partial charge in [0.1, 0.15) is 15.8 Å². The van der Waals surface area contributed by atoms with Crippen LogP contribution in [0.1, 0.15) is 65.5 Å². The Labute approximate surface area is 210 Å². The molecule has 182 valence electrons. The Morgan fingerprint density at radius 3 is 2.44 bits per heavy atom. The summed E-state index contributed by atoms with van der Waals surface area (Å²) in [4.78, 5) is 33.6. The summed E-state index contributed by atoms with van der Waals surface area (Å²) in [6.07, 6.45) is 5.19. The minimum atomic E-state index is -0.210. The molecule has 0 aromatic carbocycles. The molecular formula is C25H33N5O2S2. The van der Waals surface area contributed by atoms with Gasteiger partial charge in [-0.25, -0.2) is 4.98 Å². The number of hydrogen-bond acceptors (Lipinski definition) is 7. The van der Waals surface area contributed by atoms with E-state index in [1.165, 1.54) is 11.8 Å². The number of anilines is 1. The van der Waals surface area contributed by atoms with Crippen molar-refractivity contribution in [3.63, 3.8) is 0 Å². The van der Waals surface area contributed by atoms with Crippen molar-refractivity contribution in [3.05, 3.63) is 44.7 Å². The monoisotopic (exact) mass is 499 g/mol. The molecule has 0 bridgehead atoms. The quantitative estimate of drug-likeness (QED) is 0.479. The highest BCUT2D eigenvalue weighted by atomic mass is 32.2. The van der Waals surface area contributed by atoms with Crippen molar-refractivity contribution in [2.24, 2.45) is 0 Å². The molecule has 2 aromatic rings. The van der Waals surface area contributed by atoms with E-state index in [1.807, 2.05) is 32.9 Å². The number of hydrogen-bond donors (Lipinski definition) is 2. The highest BCUT2D eigenvalue weighted by molar-refractivity contribution is 8.26. The van der Waals surface area contributed by atoms with Crippen LogP contribution in [0.2, 0.25) is 0 Å². The summed E-state index contributed by atoms with van der Waals surface area (Å²) in [7, 11) is 0. The number of fused-ring (bicyclic) bond motifs is 1. The number of pyridine rings is 1. The lowest BCUT2D eigenvalue weighted by molar-refractivity contribution is -0.123. The van der Waals surface area contributed by atoms with Crippen molar-refractivity contribution in [1.29, 1.82) is 0 Å². The van der Waals surface area contributed by atoms with Gasteiger partial charge in [-0.1, -0.05) is 30.0 Å². The Kier molecular flexibility index (Phi) is 6.42. The normalized spacial score (nSPS) is 21.8. The molecule has 2 N–H and O–H groups in total. The maximum Gasteiger partial charge on any atom is 0.267 e. The summed E-state index contributed by atoms with van der Waals surface area (Å²) < 4.78 is 2.05. The molecule has 1 amide bonds. The number of rotatable bonds is 4. The van der Waals surface area contributed by atoms with E-state index in [-0.39, 0.29) is 34.6 Å². The Hall–Kier alpha value is -2.23. The fraction of sp³-hybridized carbons (Fsp3) is 0.520. The van der Waals surface area contributed by atoms with E-state index in [4.69, 9.17) is 17.2 Å². The molecular weight excluding hydrogens is 466 g/mol. The molecule has 2 saturated heterocycles. The predicted molar refractivity (Wildman–Crippen MR) is 144 cm³/mol. The number of carbonyl (C=O) groups excluding carboxylic acids is 1. The van der Waals surface area contributed by atoms with Gasteiger partial charge in [0, 0.05) is 29.4 Å². The highest BCUT2D eigenvalue weighted by Gasteiger charge is 2.38. The van der Waals surface area contributed by atoms with E-state index >= 15 is 0 Å². The van der Waals surface area contributed by atoms with Gasteiger partial charge in [-0.15, -0.1) is 0 Å². The summed E-state index contributed by atoms with van der Waals surface area (Å²) in [6.45, 7) is 14.5. The van der Waals surface area contributed by atoms with Crippen LogP contribution in [0.5, 0.6) is 0 Å². The first kappa shape index (κ1) is 24.9. The van der Waals surface area contributed by atoms with Gasteiger partial charge in [-0.3, -0.25) is 18.9 Å². The molecule has 2 aliphatic rings. The molecule has 7 nitrogen and oxygen atoms in total. The average molecular weight is 500 g/mol. The first-order valence-electron chi connectivity index (χ1n) is 11.6. The van der Waals surface area contributed by atoms with Gasteiger partial charge in [0.15, 0.2) is 0 Å². The summed E-state index contributed by atoms with van der Waals surface area (Å²) in [5.74, 6) is 0.330. The number of aryl methyl sites for hydroxylation is 1. The first-order chi connectivity index (χ1) is 15.8. The van der Waals surface area contributed by atoms with E-state index in [0.29, 0.717) is 26.3 Å². The van der Waals surface area contributed by atoms with Gasteiger partial charge in [-0.05, 0) is 79.0 Å². The minimum absolute atomic E-state index is 0.0475. The molecule has 2 fully saturated rings. The Morgan fingerprint density at radius 1 is 1.21 bits per heavy atom. The maximum absolute atomic E-state index is 13.6. The molecule has 2 aromatic heterocycles. The van der Waals surface area contributed by atoms with Crippen LogP contribution in [0.3, 0.4) is 0 Å². The fourth-order valence-corrected chi connectivity index (χ4v) is 6.68. The third-order valence-corrected chi connectivity index (χ3v) is 7.48. The van der Waals surface area contributed by atoms with Crippen molar-refractivity contribution in [2.75, 3.05) is 5.32 Å². The molecule has 9 heteroatoms. The smallest absolute Gasteiger partial charge is 0.267 e. The summed E-state index contributed by atoms with van der Waals surface area (Å²) in [5, 5.41) is 7.25. The molecule has 2 aliphatic heterocycles. The lowest BCUT2D eigenvalue weighted by Gasteiger charge is -2.46. The molecule has 0 atom stereocenters. The van der Waals surface area contributed by atoms with Gasteiger partial charge < -0.3 is 10.6 Å². The standard InChI is InChI=1S/C25H33N5O2S2/c1-14(2)30-22(32)18(34-23(30)33)10-17-20(26-16-11-24(4,5)28-25(6,7)12-16)27-19-9-8-15(3)13-29(19)21(17)31/h8-10,13-14,16,26,28H,11-12H2,1-7H3/b18-10-. The predicted octanol–water partition coefficient (Wildman–Crippen LogP) is 4.33. The lowest BCUT2D eigenvalue weighted by atomic mass is 9.79. The van der Waals surface area contributed by atoms with E-state index in [9.17, 15) is 9.59 Å². The topological polar surface area (TPSA) is 78.7 Å². The van der Waals surface area contributed by atoms with Crippen molar-refractivity contribution in [2.45, 2.75) is 84.5 Å². The van der Waals surface area contributed by atoms with Gasteiger partial charge in [0.25, 0.3) is 11.5 Å². The van der Waals surface area contributed by atoms with Crippen LogP contribution in [0.25, 0.3) is 11.7 Å². The van der Waals surface area contributed by atoms with Crippen molar-refractivity contribution >= 4 is 51.7 Å². The Bertz CT molecular complexity index is 1250.